The van der Waals surface area contributed by atoms with Gasteiger partial charge in [0.2, 0.25) is 0 Å². The lowest BCUT2D eigenvalue weighted by molar-refractivity contribution is 0.249. The zero-order chi connectivity index (χ0) is 18.1. The van der Waals surface area contributed by atoms with Crippen molar-refractivity contribution >= 4 is 5.96 Å². The van der Waals surface area contributed by atoms with E-state index in [4.69, 9.17) is 9.47 Å². The Morgan fingerprint density at radius 1 is 1.20 bits per heavy atom. The molecule has 0 unspecified atom stereocenters. The molecule has 0 saturated heterocycles. The van der Waals surface area contributed by atoms with Crippen molar-refractivity contribution in [3.05, 3.63) is 23.8 Å². The molecule has 1 saturated carbocycles. The van der Waals surface area contributed by atoms with Gasteiger partial charge in [0.1, 0.15) is 11.5 Å². The van der Waals surface area contributed by atoms with Gasteiger partial charge < -0.3 is 25.0 Å². The maximum Gasteiger partial charge on any atom is 0.191 e. The Bertz CT molecular complexity index is 556. The van der Waals surface area contributed by atoms with Gasteiger partial charge in [0.15, 0.2) is 5.96 Å². The first-order valence-corrected chi connectivity index (χ1v) is 9.03. The average molecular weight is 348 g/mol. The summed E-state index contributed by atoms with van der Waals surface area (Å²) in [7, 11) is 7.34. The third kappa shape index (κ3) is 5.81. The van der Waals surface area contributed by atoms with E-state index in [0.717, 1.165) is 42.2 Å². The van der Waals surface area contributed by atoms with Gasteiger partial charge in [-0.25, -0.2) is 0 Å². The second-order valence-corrected chi connectivity index (χ2v) is 6.45. The molecule has 0 atom stereocenters. The normalized spacial score (nSPS) is 15.5. The molecule has 0 radical (unpaired) electrons. The average Bonchev–Trinajstić information content (AvgIpc) is 3.19. The third-order valence-electron chi connectivity index (χ3n) is 4.87. The Kier molecular flexibility index (Phi) is 7.85. The number of ether oxygens (including phenoxy) is 2. The van der Waals surface area contributed by atoms with Crippen molar-refractivity contribution in [2.45, 2.75) is 38.3 Å². The predicted molar refractivity (Wildman–Crippen MR) is 103 cm³/mol. The Morgan fingerprint density at radius 2 is 1.96 bits per heavy atom. The van der Waals surface area contributed by atoms with Crippen LogP contribution in [0.1, 0.15) is 31.2 Å². The molecule has 2 N–H and O–H groups in total. The van der Waals surface area contributed by atoms with Gasteiger partial charge in [-0.3, -0.25) is 4.99 Å². The molecule has 1 aliphatic rings. The van der Waals surface area contributed by atoms with E-state index in [1.165, 1.54) is 25.7 Å². The fourth-order valence-corrected chi connectivity index (χ4v) is 3.28. The number of nitrogens with one attached hydrogen (secondary N) is 2. The third-order valence-corrected chi connectivity index (χ3v) is 4.87. The van der Waals surface area contributed by atoms with E-state index < -0.39 is 0 Å². The van der Waals surface area contributed by atoms with Crippen LogP contribution in [0.4, 0.5) is 0 Å². The Hall–Kier alpha value is -1.95. The molecular weight excluding hydrogens is 316 g/mol. The van der Waals surface area contributed by atoms with E-state index >= 15 is 0 Å². The van der Waals surface area contributed by atoms with Crippen molar-refractivity contribution < 1.29 is 9.47 Å². The van der Waals surface area contributed by atoms with E-state index in [2.05, 4.69) is 27.6 Å². The van der Waals surface area contributed by atoms with Crippen LogP contribution in [0.15, 0.2) is 23.2 Å². The van der Waals surface area contributed by atoms with Crippen LogP contribution < -0.4 is 20.1 Å². The lowest BCUT2D eigenvalue weighted by Gasteiger charge is -2.24. The molecule has 6 nitrogen and oxygen atoms in total. The van der Waals surface area contributed by atoms with E-state index in [1.54, 1.807) is 21.3 Å². The molecule has 0 spiro atoms. The topological polar surface area (TPSA) is 58.1 Å². The van der Waals surface area contributed by atoms with E-state index in [9.17, 15) is 0 Å². The number of methoxy groups -OCH3 is 2. The monoisotopic (exact) mass is 348 g/mol. The van der Waals surface area contributed by atoms with Crippen molar-refractivity contribution in [3.63, 3.8) is 0 Å². The number of nitrogens with zero attached hydrogens (tertiary/aromatic N) is 2. The summed E-state index contributed by atoms with van der Waals surface area (Å²) in [6.07, 6.45) is 5.41. The van der Waals surface area contributed by atoms with Crippen molar-refractivity contribution in [3.8, 4) is 11.5 Å². The molecule has 0 amide bonds. The summed E-state index contributed by atoms with van der Waals surface area (Å²) in [6, 6.07) is 6.59. The van der Waals surface area contributed by atoms with Crippen molar-refractivity contribution in [1.82, 2.24) is 15.5 Å². The van der Waals surface area contributed by atoms with Crippen molar-refractivity contribution in [1.29, 1.82) is 0 Å². The standard InChI is InChI=1S/C19H32N4O2/c1-20-19(21-11-12-23(2)16-7-5-6-8-16)22-14-15-9-10-17(24-3)13-18(15)25-4/h9-10,13,16H,5-8,11-12,14H2,1-4H3,(H2,20,21,22). The summed E-state index contributed by atoms with van der Waals surface area (Å²) < 4.78 is 10.7. The van der Waals surface area contributed by atoms with Gasteiger partial charge >= 0.3 is 0 Å². The van der Waals surface area contributed by atoms with Crippen LogP contribution in [-0.2, 0) is 6.54 Å². The van der Waals surface area contributed by atoms with Crippen LogP contribution >= 0.6 is 0 Å². The number of likely N-dealkylation sites (N-methyl/N-ethyl adjacent to an activating group) is 1. The van der Waals surface area contributed by atoms with Crippen LogP contribution in [0.25, 0.3) is 0 Å². The van der Waals surface area contributed by atoms with Crippen molar-refractivity contribution in [2.75, 3.05) is 41.4 Å². The van der Waals surface area contributed by atoms with Gasteiger partial charge in [-0.1, -0.05) is 12.8 Å². The molecule has 0 bridgehead atoms. The molecule has 1 aromatic rings. The highest BCUT2D eigenvalue weighted by Crippen LogP contribution is 2.24. The number of aliphatic imine (C=N–C) groups is 1. The zero-order valence-corrected chi connectivity index (χ0v) is 16.0. The summed E-state index contributed by atoms with van der Waals surface area (Å²) in [5.41, 5.74) is 1.06. The highest BCUT2D eigenvalue weighted by molar-refractivity contribution is 5.79. The quantitative estimate of drug-likeness (QED) is 0.557. The van der Waals surface area contributed by atoms with Gasteiger partial charge in [0, 0.05) is 44.4 Å². The summed E-state index contributed by atoms with van der Waals surface area (Å²) >= 11 is 0. The van der Waals surface area contributed by atoms with Crippen molar-refractivity contribution in [2.24, 2.45) is 4.99 Å². The number of hydrogen-bond acceptors (Lipinski definition) is 4. The van der Waals surface area contributed by atoms with Gasteiger partial charge in [0.25, 0.3) is 0 Å². The Labute approximate surface area is 151 Å². The van der Waals surface area contributed by atoms with Crippen LogP contribution in [0.2, 0.25) is 0 Å². The molecule has 25 heavy (non-hydrogen) atoms. The van der Waals surface area contributed by atoms with E-state index in [1.807, 2.05) is 18.2 Å². The fraction of sp³-hybridized carbons (Fsp3) is 0.632. The molecular formula is C19H32N4O2. The first kappa shape index (κ1) is 19.4. The van der Waals surface area contributed by atoms with Gasteiger partial charge in [-0.2, -0.15) is 0 Å². The second-order valence-electron chi connectivity index (χ2n) is 6.45. The van der Waals surface area contributed by atoms with Gasteiger partial charge in [0.05, 0.1) is 14.2 Å². The predicted octanol–water partition coefficient (Wildman–Crippen LogP) is 2.24. The molecule has 1 fully saturated rings. The second kappa shape index (κ2) is 10.1. The van der Waals surface area contributed by atoms with Gasteiger partial charge in [-0.15, -0.1) is 0 Å². The molecule has 140 valence electrons. The van der Waals surface area contributed by atoms with Crippen LogP contribution in [0.5, 0.6) is 11.5 Å². The van der Waals surface area contributed by atoms with E-state index in [0.29, 0.717) is 6.54 Å². The molecule has 2 rings (SSSR count). The molecule has 6 heteroatoms. The molecule has 1 aliphatic carbocycles. The molecule has 1 aromatic carbocycles. The number of guanidine groups is 1. The highest BCUT2D eigenvalue weighted by atomic mass is 16.5. The Morgan fingerprint density at radius 3 is 2.60 bits per heavy atom. The highest BCUT2D eigenvalue weighted by Gasteiger charge is 2.18. The summed E-state index contributed by atoms with van der Waals surface area (Å²) in [5.74, 6) is 2.40. The van der Waals surface area contributed by atoms with Crippen LogP contribution in [0, 0.1) is 0 Å². The zero-order valence-electron chi connectivity index (χ0n) is 16.0. The number of rotatable bonds is 8. The smallest absolute Gasteiger partial charge is 0.191 e. The fourth-order valence-electron chi connectivity index (χ4n) is 3.28. The number of hydrogen-bond donors (Lipinski definition) is 2. The first-order chi connectivity index (χ1) is 12.2. The lowest BCUT2D eigenvalue weighted by Crippen LogP contribution is -2.42. The first-order valence-electron chi connectivity index (χ1n) is 9.03. The largest absolute Gasteiger partial charge is 0.497 e. The minimum Gasteiger partial charge on any atom is -0.497 e. The summed E-state index contributed by atoms with van der Waals surface area (Å²) in [4.78, 5) is 6.76. The maximum absolute atomic E-state index is 5.44. The molecule has 0 aromatic heterocycles. The minimum absolute atomic E-state index is 0.644. The Balaban J connectivity index is 1.78. The minimum atomic E-state index is 0.644. The van der Waals surface area contributed by atoms with Crippen LogP contribution in [0.3, 0.4) is 0 Å². The maximum atomic E-state index is 5.44. The SMILES string of the molecule is CN=C(NCCN(C)C1CCCC1)NCc1ccc(OC)cc1OC. The van der Waals surface area contributed by atoms with Gasteiger partial charge in [-0.05, 0) is 32.0 Å². The lowest BCUT2D eigenvalue weighted by atomic mass is 10.2. The van der Waals surface area contributed by atoms with E-state index in [-0.39, 0.29) is 0 Å². The molecule has 0 aliphatic heterocycles. The molecule has 0 heterocycles. The summed E-state index contributed by atoms with van der Waals surface area (Å²) in [5, 5.41) is 6.73. The summed E-state index contributed by atoms with van der Waals surface area (Å²) in [6.45, 7) is 2.55. The van der Waals surface area contributed by atoms with Crippen LogP contribution in [-0.4, -0.2) is 58.3 Å². The number of benzene rings is 1.